The number of aliphatic hydroxyl groups excluding tert-OH is 1. The summed E-state index contributed by atoms with van der Waals surface area (Å²) in [5.74, 6) is 0.619. The number of methoxy groups -OCH3 is 1. The molecule has 0 aliphatic rings. The van der Waals surface area contributed by atoms with Crippen molar-refractivity contribution >= 4 is 0 Å². The fourth-order valence-corrected chi connectivity index (χ4v) is 4.41. The molecule has 0 aliphatic heterocycles. The minimum Gasteiger partial charge on any atom is -0.491 e. The monoisotopic (exact) mass is 520 g/mol. The third-order valence-corrected chi connectivity index (χ3v) is 6.30. The fraction of sp³-hybridized carbons (Fsp3) is 0.310. The summed E-state index contributed by atoms with van der Waals surface area (Å²) in [6.45, 7) is 7.12. The van der Waals surface area contributed by atoms with Gasteiger partial charge in [-0.1, -0.05) is 30.3 Å². The van der Waals surface area contributed by atoms with Gasteiger partial charge in [0.15, 0.2) is 0 Å². The smallest absolute Gasteiger partial charge is 0.440 e. The van der Waals surface area contributed by atoms with Gasteiger partial charge in [0.1, 0.15) is 30.8 Å². The summed E-state index contributed by atoms with van der Waals surface area (Å²) in [4.78, 5) is 24.9. The van der Waals surface area contributed by atoms with Crippen molar-refractivity contribution in [2.24, 2.45) is 0 Å². The molecular weight excluding hydrogens is 488 g/mol. The maximum atomic E-state index is 11.6. The van der Waals surface area contributed by atoms with Gasteiger partial charge in [0.05, 0.1) is 13.2 Å². The lowest BCUT2D eigenvalue weighted by atomic mass is 9.90. The van der Waals surface area contributed by atoms with Crippen LogP contribution >= 0.6 is 0 Å². The van der Waals surface area contributed by atoms with E-state index in [2.05, 4.69) is 31.8 Å². The van der Waals surface area contributed by atoms with Crippen LogP contribution in [0.4, 0.5) is 0 Å². The van der Waals surface area contributed by atoms with Crippen molar-refractivity contribution in [2.75, 3.05) is 20.3 Å². The summed E-state index contributed by atoms with van der Waals surface area (Å²) in [5.41, 5.74) is 6.83. The van der Waals surface area contributed by atoms with Gasteiger partial charge in [-0.05, 0) is 84.0 Å². The number of benzene rings is 3. The van der Waals surface area contributed by atoms with Gasteiger partial charge in [-0.3, -0.25) is 0 Å². The molecule has 1 aromatic heterocycles. The van der Waals surface area contributed by atoms with Crippen molar-refractivity contribution in [1.29, 1.82) is 0 Å². The number of aromatic amines is 1. The summed E-state index contributed by atoms with van der Waals surface area (Å²) >= 11 is 0. The van der Waals surface area contributed by atoms with E-state index in [9.17, 15) is 14.7 Å². The van der Waals surface area contributed by atoms with Crippen LogP contribution in [0.2, 0.25) is 0 Å². The molecule has 1 atom stereocenters. The molecule has 0 fully saturated rings. The molecule has 9 nitrogen and oxygen atoms in total. The molecule has 1 heterocycles. The van der Waals surface area contributed by atoms with Crippen LogP contribution in [0.3, 0.4) is 0 Å². The van der Waals surface area contributed by atoms with E-state index in [1.807, 2.05) is 48.5 Å². The molecule has 0 aliphatic carbocycles. The highest BCUT2D eigenvalue weighted by molar-refractivity contribution is 5.75. The van der Waals surface area contributed by atoms with Crippen LogP contribution < -0.4 is 20.9 Å². The quantitative estimate of drug-likeness (QED) is 0.310. The number of ether oxygens (including phenoxy) is 3. The normalized spacial score (nSPS) is 11.9. The van der Waals surface area contributed by atoms with Crippen LogP contribution in [0, 0.1) is 20.8 Å². The summed E-state index contributed by atoms with van der Waals surface area (Å²) in [6, 6.07) is 17.4. The Hall–Kier alpha value is -4.08. The van der Waals surface area contributed by atoms with E-state index in [1.54, 1.807) is 7.11 Å². The van der Waals surface area contributed by atoms with E-state index in [0.717, 1.165) is 43.7 Å². The number of hydrogen-bond acceptors (Lipinski definition) is 7. The van der Waals surface area contributed by atoms with Gasteiger partial charge in [-0.15, -0.1) is 4.74 Å². The standard InChI is InChI=1S/C29H32N2O7/c1-18-12-25(37-17-23(32)16-35-4)13-19(2)27(18)26-7-5-6-22(20(26)3)15-36-24-10-8-21(9-11-24)14-31-28(33)30-29(34)38-31/h5-13,23,32H,14-17H2,1-4H3,(H,30,33,34)/t23-/m0/s1. The molecule has 2 N–H and O–H groups in total. The lowest BCUT2D eigenvalue weighted by Gasteiger charge is -2.18. The summed E-state index contributed by atoms with van der Waals surface area (Å²) < 4.78 is 22.6. The highest BCUT2D eigenvalue weighted by Crippen LogP contribution is 2.34. The molecule has 0 amide bonds. The van der Waals surface area contributed by atoms with E-state index < -0.39 is 17.5 Å². The number of nitrogens with one attached hydrogen (secondary N) is 1. The second kappa shape index (κ2) is 12.0. The molecule has 0 saturated carbocycles. The van der Waals surface area contributed by atoms with Gasteiger partial charge in [0.2, 0.25) is 0 Å². The number of rotatable bonds is 11. The number of H-pyrrole nitrogens is 1. The topological polar surface area (TPSA) is 116 Å². The molecule has 4 aromatic rings. The minimum atomic E-state index is -0.778. The number of nitrogens with zero attached hydrogens (tertiary/aromatic N) is 1. The van der Waals surface area contributed by atoms with Crippen LogP contribution in [-0.2, 0) is 17.9 Å². The molecule has 0 saturated heterocycles. The van der Waals surface area contributed by atoms with Crippen molar-refractivity contribution in [3.63, 3.8) is 0 Å². The number of hydrogen-bond donors (Lipinski definition) is 2. The minimum absolute atomic E-state index is 0.148. The SMILES string of the molecule is COC[C@H](O)COc1cc(C)c(-c2cccc(COc3ccc(Cn4oc(=O)[nH]c4=O)cc3)c2C)c(C)c1. The first-order valence-electron chi connectivity index (χ1n) is 12.3. The average Bonchev–Trinajstić information content (AvgIpc) is 3.19. The molecule has 3 aromatic carbocycles. The Morgan fingerprint density at radius 2 is 1.66 bits per heavy atom. The average molecular weight is 521 g/mol. The first kappa shape index (κ1) is 27.0. The third-order valence-electron chi connectivity index (χ3n) is 6.30. The van der Waals surface area contributed by atoms with Crippen LogP contribution in [-0.4, -0.2) is 41.3 Å². The molecule has 38 heavy (non-hydrogen) atoms. The van der Waals surface area contributed by atoms with E-state index in [-0.39, 0.29) is 19.8 Å². The Kier molecular flexibility index (Phi) is 8.50. The van der Waals surface area contributed by atoms with Crippen molar-refractivity contribution < 1.29 is 23.8 Å². The number of aromatic nitrogens is 2. The molecule has 9 heteroatoms. The second-order valence-electron chi connectivity index (χ2n) is 9.22. The Balaban J connectivity index is 1.45. The van der Waals surface area contributed by atoms with Crippen LogP contribution in [0.15, 0.2) is 68.7 Å². The predicted molar refractivity (Wildman–Crippen MR) is 143 cm³/mol. The molecule has 0 unspecified atom stereocenters. The Morgan fingerprint density at radius 3 is 2.29 bits per heavy atom. The van der Waals surface area contributed by atoms with E-state index in [4.69, 9.17) is 18.7 Å². The summed E-state index contributed by atoms with van der Waals surface area (Å²) in [7, 11) is 1.54. The maximum Gasteiger partial charge on any atom is 0.440 e. The predicted octanol–water partition coefficient (Wildman–Crippen LogP) is 3.74. The zero-order chi connectivity index (χ0) is 27.2. The fourth-order valence-electron chi connectivity index (χ4n) is 4.41. The number of aryl methyl sites for hydroxylation is 2. The summed E-state index contributed by atoms with van der Waals surface area (Å²) in [5, 5.41) is 9.88. The largest absolute Gasteiger partial charge is 0.491 e. The zero-order valence-corrected chi connectivity index (χ0v) is 21.9. The van der Waals surface area contributed by atoms with Crippen LogP contribution in [0.1, 0.15) is 27.8 Å². The Labute approximate surface area is 220 Å². The molecule has 200 valence electrons. The van der Waals surface area contributed by atoms with Gasteiger partial charge in [0, 0.05) is 7.11 Å². The van der Waals surface area contributed by atoms with Crippen LogP contribution in [0.5, 0.6) is 11.5 Å². The van der Waals surface area contributed by atoms with Gasteiger partial charge in [0.25, 0.3) is 0 Å². The van der Waals surface area contributed by atoms with Gasteiger partial charge >= 0.3 is 11.4 Å². The van der Waals surface area contributed by atoms with Gasteiger partial charge in [-0.25, -0.2) is 14.6 Å². The lowest BCUT2D eigenvalue weighted by molar-refractivity contribution is 0.0325. The first-order chi connectivity index (χ1) is 18.2. The third kappa shape index (κ3) is 6.42. The van der Waals surface area contributed by atoms with Crippen molar-refractivity contribution in [1.82, 2.24) is 9.72 Å². The molecule has 4 rings (SSSR count). The van der Waals surface area contributed by atoms with Crippen molar-refractivity contribution in [3.05, 3.63) is 103 Å². The molecule has 0 bridgehead atoms. The van der Waals surface area contributed by atoms with Gasteiger partial charge in [-0.2, -0.15) is 0 Å². The molecular formula is C29H32N2O7. The van der Waals surface area contributed by atoms with Crippen molar-refractivity contribution in [2.45, 2.75) is 40.0 Å². The first-order valence-corrected chi connectivity index (χ1v) is 12.3. The highest BCUT2D eigenvalue weighted by atomic mass is 16.5. The number of aliphatic hydroxyl groups is 1. The zero-order valence-electron chi connectivity index (χ0n) is 21.9. The Morgan fingerprint density at radius 1 is 0.947 bits per heavy atom. The van der Waals surface area contributed by atoms with Crippen LogP contribution in [0.25, 0.3) is 11.1 Å². The van der Waals surface area contributed by atoms with Crippen molar-refractivity contribution in [3.8, 4) is 22.6 Å². The summed E-state index contributed by atoms with van der Waals surface area (Å²) in [6.07, 6.45) is -0.679. The highest BCUT2D eigenvalue weighted by Gasteiger charge is 2.14. The molecule has 0 radical (unpaired) electrons. The lowest BCUT2D eigenvalue weighted by Crippen LogP contribution is -2.22. The van der Waals surface area contributed by atoms with Gasteiger partial charge < -0.3 is 23.8 Å². The van der Waals surface area contributed by atoms with E-state index in [1.165, 1.54) is 0 Å². The second-order valence-corrected chi connectivity index (χ2v) is 9.22. The maximum absolute atomic E-state index is 11.6. The van der Waals surface area contributed by atoms with E-state index >= 15 is 0 Å². The van der Waals surface area contributed by atoms with E-state index in [0.29, 0.717) is 18.1 Å². The Bertz CT molecular complexity index is 1480. The molecule has 0 spiro atoms.